The van der Waals surface area contributed by atoms with Crippen molar-refractivity contribution >= 4 is 5.91 Å². The molecular formula is C15H20F2N2O. The Balaban J connectivity index is 2.05. The molecule has 0 saturated carbocycles. The number of carbonyl (C=O) groups is 1. The summed E-state index contributed by atoms with van der Waals surface area (Å²) >= 11 is 0. The second-order valence-corrected chi connectivity index (χ2v) is 5.41. The van der Waals surface area contributed by atoms with Crippen LogP contribution in [0.3, 0.4) is 0 Å². The van der Waals surface area contributed by atoms with Crippen LogP contribution in [0.4, 0.5) is 8.78 Å². The number of nitrogens with zero attached hydrogens (tertiary/aromatic N) is 1. The third kappa shape index (κ3) is 3.33. The number of hydrogen-bond donors (Lipinski definition) is 1. The van der Waals surface area contributed by atoms with E-state index in [1.165, 1.54) is 4.90 Å². The summed E-state index contributed by atoms with van der Waals surface area (Å²) in [5.74, 6) is -0.667. The summed E-state index contributed by atoms with van der Waals surface area (Å²) in [6.07, 6.45) is 1.44. The van der Waals surface area contributed by atoms with E-state index in [1.807, 2.05) is 0 Å². The fourth-order valence-electron chi connectivity index (χ4n) is 2.54. The zero-order valence-electron chi connectivity index (χ0n) is 11.8. The van der Waals surface area contributed by atoms with Gasteiger partial charge in [-0.1, -0.05) is 0 Å². The number of halogens is 2. The molecule has 1 aliphatic rings. The first-order valence-electron chi connectivity index (χ1n) is 6.90. The molecule has 2 atom stereocenters. The van der Waals surface area contributed by atoms with Crippen molar-refractivity contribution in [1.82, 2.24) is 10.2 Å². The predicted octanol–water partition coefficient (Wildman–Crippen LogP) is 2.48. The Bertz CT molecular complexity index is 487. The maximum absolute atomic E-state index is 13.7. The molecule has 3 nitrogen and oxygen atoms in total. The molecule has 0 bridgehead atoms. The molecule has 2 unspecified atom stereocenters. The zero-order valence-corrected chi connectivity index (χ0v) is 11.8. The molecule has 1 fully saturated rings. The van der Waals surface area contributed by atoms with E-state index in [9.17, 15) is 13.6 Å². The Morgan fingerprint density at radius 3 is 2.90 bits per heavy atom. The van der Waals surface area contributed by atoms with Crippen LogP contribution in [-0.4, -0.2) is 30.9 Å². The summed E-state index contributed by atoms with van der Waals surface area (Å²) in [4.78, 5) is 13.7. The molecule has 1 heterocycles. The van der Waals surface area contributed by atoms with Gasteiger partial charge in [0.15, 0.2) is 0 Å². The van der Waals surface area contributed by atoms with Crippen molar-refractivity contribution in [2.45, 2.75) is 25.8 Å². The van der Waals surface area contributed by atoms with Gasteiger partial charge in [0, 0.05) is 19.0 Å². The highest BCUT2D eigenvalue weighted by molar-refractivity contribution is 5.76. The van der Waals surface area contributed by atoms with Crippen molar-refractivity contribution in [3.8, 4) is 0 Å². The van der Waals surface area contributed by atoms with Crippen LogP contribution >= 0.6 is 0 Å². The summed E-state index contributed by atoms with van der Waals surface area (Å²) in [6.45, 7) is 3.50. The van der Waals surface area contributed by atoms with Crippen LogP contribution in [0, 0.1) is 17.6 Å². The van der Waals surface area contributed by atoms with Crippen LogP contribution < -0.4 is 5.32 Å². The summed E-state index contributed by atoms with van der Waals surface area (Å²) in [7, 11) is 1.64. The van der Waals surface area contributed by atoms with Gasteiger partial charge < -0.3 is 10.2 Å². The maximum Gasteiger partial charge on any atom is 0.223 e. The second kappa shape index (κ2) is 6.31. The summed E-state index contributed by atoms with van der Waals surface area (Å²) in [5, 5.41) is 3.21. The smallest absolute Gasteiger partial charge is 0.223 e. The van der Waals surface area contributed by atoms with Gasteiger partial charge in [-0.15, -0.1) is 0 Å². The van der Waals surface area contributed by atoms with Crippen LogP contribution in [0.15, 0.2) is 18.2 Å². The van der Waals surface area contributed by atoms with E-state index in [-0.39, 0.29) is 11.5 Å². The van der Waals surface area contributed by atoms with Crippen LogP contribution in [0.2, 0.25) is 0 Å². The molecule has 110 valence electrons. The predicted molar refractivity (Wildman–Crippen MR) is 73.1 cm³/mol. The van der Waals surface area contributed by atoms with Gasteiger partial charge in [0.2, 0.25) is 5.91 Å². The topological polar surface area (TPSA) is 32.3 Å². The third-order valence-corrected chi connectivity index (χ3v) is 4.01. The van der Waals surface area contributed by atoms with Crippen molar-refractivity contribution in [3.05, 3.63) is 35.4 Å². The molecule has 1 N–H and O–H groups in total. The SMILES string of the molecule is CC(c1cc(F)ccc1F)N(C)C(=O)CC1CCNC1. The fraction of sp³-hybridized carbons (Fsp3) is 0.533. The fourth-order valence-corrected chi connectivity index (χ4v) is 2.54. The Kier molecular flexibility index (Phi) is 4.70. The number of nitrogens with one attached hydrogen (secondary N) is 1. The van der Waals surface area contributed by atoms with Crippen LogP contribution in [0.5, 0.6) is 0 Å². The second-order valence-electron chi connectivity index (χ2n) is 5.41. The third-order valence-electron chi connectivity index (χ3n) is 4.01. The monoisotopic (exact) mass is 282 g/mol. The molecule has 20 heavy (non-hydrogen) atoms. The van der Waals surface area contributed by atoms with Crippen molar-refractivity contribution < 1.29 is 13.6 Å². The first kappa shape index (κ1) is 14.9. The van der Waals surface area contributed by atoms with E-state index in [4.69, 9.17) is 0 Å². The highest BCUT2D eigenvalue weighted by atomic mass is 19.1. The Morgan fingerprint density at radius 2 is 2.25 bits per heavy atom. The van der Waals surface area contributed by atoms with E-state index in [0.717, 1.165) is 37.7 Å². The lowest BCUT2D eigenvalue weighted by atomic mass is 10.0. The van der Waals surface area contributed by atoms with Gasteiger partial charge in [-0.05, 0) is 50.6 Å². The molecule has 0 aromatic heterocycles. The summed E-state index contributed by atoms with van der Waals surface area (Å²) in [6, 6.07) is 2.85. The lowest BCUT2D eigenvalue weighted by Crippen LogP contribution is -2.32. The molecule has 1 aliphatic heterocycles. The highest BCUT2D eigenvalue weighted by Crippen LogP contribution is 2.24. The van der Waals surface area contributed by atoms with E-state index >= 15 is 0 Å². The number of hydrogen-bond acceptors (Lipinski definition) is 2. The minimum atomic E-state index is -0.492. The van der Waals surface area contributed by atoms with Crippen LogP contribution in [0.1, 0.15) is 31.4 Å². The first-order chi connectivity index (χ1) is 9.49. The standard InChI is InChI=1S/C15H20F2N2O/c1-10(13-8-12(16)3-4-14(13)17)19(2)15(20)7-11-5-6-18-9-11/h3-4,8,10-11,18H,5-7,9H2,1-2H3. The lowest BCUT2D eigenvalue weighted by Gasteiger charge is -2.26. The largest absolute Gasteiger partial charge is 0.339 e. The first-order valence-corrected chi connectivity index (χ1v) is 6.90. The van der Waals surface area contributed by atoms with Crippen molar-refractivity contribution in [1.29, 1.82) is 0 Å². The maximum atomic E-state index is 13.7. The van der Waals surface area contributed by atoms with Gasteiger partial charge in [0.05, 0.1) is 6.04 Å². The van der Waals surface area contributed by atoms with Gasteiger partial charge >= 0.3 is 0 Å². The Hall–Kier alpha value is -1.49. The summed E-state index contributed by atoms with van der Waals surface area (Å²) in [5.41, 5.74) is 0.213. The van der Waals surface area contributed by atoms with Crippen molar-refractivity contribution in [3.63, 3.8) is 0 Å². The average molecular weight is 282 g/mol. The molecule has 0 aliphatic carbocycles. The minimum absolute atomic E-state index is 0.0325. The minimum Gasteiger partial charge on any atom is -0.339 e. The molecule has 1 amide bonds. The van der Waals surface area contributed by atoms with E-state index < -0.39 is 17.7 Å². The Morgan fingerprint density at radius 1 is 1.50 bits per heavy atom. The van der Waals surface area contributed by atoms with Gasteiger partial charge in [-0.3, -0.25) is 4.79 Å². The molecule has 1 saturated heterocycles. The lowest BCUT2D eigenvalue weighted by molar-refractivity contribution is -0.132. The molecule has 5 heteroatoms. The molecule has 2 rings (SSSR count). The number of rotatable bonds is 4. The van der Waals surface area contributed by atoms with E-state index in [0.29, 0.717) is 12.3 Å². The van der Waals surface area contributed by atoms with Gasteiger partial charge in [0.25, 0.3) is 0 Å². The van der Waals surface area contributed by atoms with E-state index in [1.54, 1.807) is 14.0 Å². The molecular weight excluding hydrogens is 262 g/mol. The molecule has 0 spiro atoms. The molecule has 1 aromatic carbocycles. The highest BCUT2D eigenvalue weighted by Gasteiger charge is 2.24. The zero-order chi connectivity index (χ0) is 14.7. The molecule has 0 radical (unpaired) electrons. The normalized spacial score (nSPS) is 19.9. The number of amides is 1. The number of benzene rings is 1. The van der Waals surface area contributed by atoms with E-state index in [2.05, 4.69) is 5.32 Å². The van der Waals surface area contributed by atoms with Gasteiger partial charge in [-0.25, -0.2) is 8.78 Å². The van der Waals surface area contributed by atoms with Gasteiger partial charge in [0.1, 0.15) is 11.6 Å². The summed E-state index contributed by atoms with van der Waals surface area (Å²) < 4.78 is 27.0. The van der Waals surface area contributed by atoms with Crippen molar-refractivity contribution in [2.75, 3.05) is 20.1 Å². The van der Waals surface area contributed by atoms with Crippen LogP contribution in [-0.2, 0) is 4.79 Å². The van der Waals surface area contributed by atoms with Crippen molar-refractivity contribution in [2.24, 2.45) is 5.92 Å². The quantitative estimate of drug-likeness (QED) is 0.920. The van der Waals surface area contributed by atoms with Crippen LogP contribution in [0.25, 0.3) is 0 Å². The van der Waals surface area contributed by atoms with Gasteiger partial charge in [-0.2, -0.15) is 0 Å². The Labute approximate surface area is 118 Å². The number of carbonyl (C=O) groups excluding carboxylic acids is 1. The molecule has 1 aromatic rings. The average Bonchev–Trinajstić information content (AvgIpc) is 2.92.